The number of hydrogen-bond donors (Lipinski definition) is 1. The van der Waals surface area contributed by atoms with Gasteiger partial charge in [-0.15, -0.1) is 17.8 Å². The van der Waals surface area contributed by atoms with Crippen molar-refractivity contribution in [3.05, 3.63) is 45.1 Å². The van der Waals surface area contributed by atoms with E-state index in [0.717, 1.165) is 39.9 Å². The van der Waals surface area contributed by atoms with Gasteiger partial charge in [-0.1, -0.05) is 29.4 Å². The zero-order valence-electron chi connectivity index (χ0n) is 19.4. The van der Waals surface area contributed by atoms with Gasteiger partial charge in [0.25, 0.3) is 5.91 Å². The van der Waals surface area contributed by atoms with Crippen molar-refractivity contribution < 1.29 is 27.5 Å². The first-order valence-electron chi connectivity index (χ1n) is 11.0. The van der Waals surface area contributed by atoms with Crippen molar-refractivity contribution in [2.45, 2.75) is 32.2 Å². The zero-order valence-corrected chi connectivity index (χ0v) is 21.9. The molecular weight excluding hydrogens is 522 g/mol. The third kappa shape index (κ3) is 5.59. The van der Waals surface area contributed by atoms with Crippen LogP contribution < -0.4 is 10.1 Å². The van der Waals surface area contributed by atoms with Gasteiger partial charge in [-0.2, -0.15) is 4.99 Å². The van der Waals surface area contributed by atoms with E-state index in [1.807, 2.05) is 24.3 Å². The Kier molecular flexibility index (Phi) is 7.73. The summed E-state index contributed by atoms with van der Waals surface area (Å²) < 4.78 is 32.6. The van der Waals surface area contributed by atoms with Crippen LogP contribution in [0, 0.1) is 12.3 Å². The van der Waals surface area contributed by atoms with E-state index in [9.17, 15) is 22.8 Å². The number of fused-ring (bicyclic) bond motifs is 2. The first-order chi connectivity index (χ1) is 17.2. The van der Waals surface area contributed by atoms with E-state index in [-0.39, 0.29) is 21.9 Å². The molecule has 0 saturated carbocycles. The summed E-state index contributed by atoms with van der Waals surface area (Å²) in [5.41, 5.74) is 1.90. The maximum Gasteiger partial charge on any atom is 0.341 e. The van der Waals surface area contributed by atoms with Crippen molar-refractivity contribution >= 4 is 65.5 Å². The number of aryl methyl sites for hydroxylation is 1. The molecule has 2 amide bonds. The molecular formula is C24H23N3O6S3. The second kappa shape index (κ2) is 10.8. The first kappa shape index (κ1) is 25.8. The van der Waals surface area contributed by atoms with Crippen LogP contribution in [0.4, 0.5) is 5.00 Å². The third-order valence-corrected chi connectivity index (χ3v) is 9.22. The molecule has 0 bridgehead atoms. The van der Waals surface area contributed by atoms with Crippen molar-refractivity contribution in [1.29, 1.82) is 0 Å². The van der Waals surface area contributed by atoms with E-state index in [0.29, 0.717) is 6.42 Å². The number of carbonyl (C=O) groups excluding carboxylic acids is 3. The van der Waals surface area contributed by atoms with E-state index in [2.05, 4.69) is 16.2 Å². The molecule has 0 unspecified atom stereocenters. The predicted molar refractivity (Wildman–Crippen MR) is 139 cm³/mol. The number of carbonyl (C=O) groups is 3. The smallest absolute Gasteiger partial charge is 0.341 e. The number of nitrogens with one attached hydrogen (secondary N) is 1. The second-order valence-electron chi connectivity index (χ2n) is 8.14. The molecule has 2 aromatic heterocycles. The van der Waals surface area contributed by atoms with Gasteiger partial charge in [-0.25, -0.2) is 13.2 Å². The number of para-hydroxylation sites is 1. The minimum Gasteiger partial charge on any atom is -0.465 e. The number of methoxy groups -OCH3 is 1. The zero-order chi connectivity index (χ0) is 25.9. The number of nitrogens with zero attached hydrogens (tertiary/aromatic N) is 2. The molecule has 0 atom stereocenters. The molecule has 1 aromatic carbocycles. The molecule has 0 saturated heterocycles. The molecule has 0 fully saturated rings. The Labute approximate surface area is 215 Å². The van der Waals surface area contributed by atoms with Crippen molar-refractivity contribution in [2.24, 2.45) is 4.99 Å². The van der Waals surface area contributed by atoms with Gasteiger partial charge in [0.2, 0.25) is 5.91 Å². The number of esters is 1. The third-order valence-electron chi connectivity index (χ3n) is 5.57. The monoisotopic (exact) mass is 545 g/mol. The number of aromatic nitrogens is 1. The van der Waals surface area contributed by atoms with Gasteiger partial charge in [0, 0.05) is 4.88 Å². The number of benzene rings is 1. The van der Waals surface area contributed by atoms with Crippen molar-refractivity contribution in [2.75, 3.05) is 23.9 Å². The van der Waals surface area contributed by atoms with Gasteiger partial charge in [-0.05, 0) is 43.4 Å². The molecule has 0 radical (unpaired) electrons. The number of anilines is 1. The number of sulfone groups is 1. The van der Waals surface area contributed by atoms with Crippen molar-refractivity contribution in [3.8, 4) is 12.3 Å². The summed E-state index contributed by atoms with van der Waals surface area (Å²) in [6.07, 6.45) is 8.81. The van der Waals surface area contributed by atoms with E-state index >= 15 is 0 Å². The molecule has 1 aliphatic rings. The van der Waals surface area contributed by atoms with Crippen LogP contribution in [0.15, 0.2) is 29.3 Å². The van der Waals surface area contributed by atoms with Gasteiger partial charge in [0.05, 0.1) is 29.4 Å². The Bertz CT molecular complexity index is 1570. The number of ether oxygens (including phenoxy) is 1. The number of thiophene rings is 1. The topological polar surface area (TPSA) is 124 Å². The van der Waals surface area contributed by atoms with Crippen LogP contribution in [0.2, 0.25) is 0 Å². The number of rotatable bonds is 7. The summed E-state index contributed by atoms with van der Waals surface area (Å²) in [5.74, 6) is -1.67. The normalized spacial score (nSPS) is 13.7. The quantitative estimate of drug-likeness (QED) is 0.360. The average molecular weight is 546 g/mol. The first-order valence-corrected chi connectivity index (χ1v) is 14.5. The molecule has 36 heavy (non-hydrogen) atoms. The SMILES string of the molecule is C#CCn1c(=NC(=O)CS(=O)(=O)CC(=O)Nc2sc3c(c2C(=O)OC)CCCC3)sc2ccccc21. The van der Waals surface area contributed by atoms with E-state index in [1.54, 1.807) is 4.57 Å². The lowest BCUT2D eigenvalue weighted by molar-refractivity contribution is -0.115. The number of terminal acetylenes is 1. The number of hydrogen-bond acceptors (Lipinski definition) is 8. The fourth-order valence-corrected chi connectivity index (χ4v) is 7.42. The summed E-state index contributed by atoms with van der Waals surface area (Å²) in [4.78, 5) is 42.7. The highest BCUT2D eigenvalue weighted by molar-refractivity contribution is 7.92. The molecule has 9 nitrogen and oxygen atoms in total. The van der Waals surface area contributed by atoms with Crippen LogP contribution in [0.5, 0.6) is 0 Å². The second-order valence-corrected chi connectivity index (χ2v) is 12.3. The predicted octanol–water partition coefficient (Wildman–Crippen LogP) is 2.54. The van der Waals surface area contributed by atoms with Gasteiger partial charge >= 0.3 is 5.97 Å². The Morgan fingerprint density at radius 1 is 1.17 bits per heavy atom. The fourth-order valence-electron chi connectivity index (χ4n) is 4.06. The van der Waals surface area contributed by atoms with Crippen LogP contribution in [0.1, 0.15) is 33.6 Å². The van der Waals surface area contributed by atoms with Crippen LogP contribution in [-0.2, 0) is 43.5 Å². The summed E-state index contributed by atoms with van der Waals surface area (Å²) >= 11 is 2.47. The Morgan fingerprint density at radius 3 is 2.67 bits per heavy atom. The Hall–Kier alpha value is -3.27. The van der Waals surface area contributed by atoms with E-state index in [1.165, 1.54) is 29.8 Å². The standard InChI is InChI=1S/C24H23N3O6S3/c1-3-12-27-16-9-5-7-11-18(16)35-24(27)26-20(29)14-36(31,32)13-19(28)25-22-21(23(30)33-2)15-8-4-6-10-17(15)34-22/h1,5,7,9,11H,4,6,8,10,12-14H2,2H3,(H,25,28). The van der Waals surface area contributed by atoms with Gasteiger partial charge < -0.3 is 14.6 Å². The molecule has 1 aliphatic carbocycles. The summed E-state index contributed by atoms with van der Waals surface area (Å²) in [6, 6.07) is 7.34. The van der Waals surface area contributed by atoms with Gasteiger partial charge in [0.15, 0.2) is 14.6 Å². The fraction of sp³-hybridized carbons (Fsp3) is 0.333. The maximum atomic E-state index is 12.6. The highest BCUT2D eigenvalue weighted by atomic mass is 32.2. The van der Waals surface area contributed by atoms with Crippen molar-refractivity contribution in [3.63, 3.8) is 0 Å². The molecule has 0 spiro atoms. The lowest BCUT2D eigenvalue weighted by atomic mass is 9.95. The summed E-state index contributed by atoms with van der Waals surface area (Å²) in [5, 5.41) is 2.81. The van der Waals surface area contributed by atoms with Gasteiger partial charge in [0.1, 0.15) is 16.5 Å². The van der Waals surface area contributed by atoms with Crippen LogP contribution >= 0.6 is 22.7 Å². The molecule has 3 aromatic rings. The van der Waals surface area contributed by atoms with E-state index in [4.69, 9.17) is 11.2 Å². The van der Waals surface area contributed by atoms with Gasteiger partial charge in [-0.3, -0.25) is 9.59 Å². The minimum absolute atomic E-state index is 0.165. The number of amides is 2. The lowest BCUT2D eigenvalue weighted by Crippen LogP contribution is -2.28. The maximum absolute atomic E-state index is 12.6. The lowest BCUT2D eigenvalue weighted by Gasteiger charge is -2.11. The number of thiazole rings is 1. The molecule has 12 heteroatoms. The molecule has 0 aliphatic heterocycles. The minimum atomic E-state index is -4.13. The van der Waals surface area contributed by atoms with E-state index < -0.39 is 39.1 Å². The molecule has 2 heterocycles. The molecule has 1 N–H and O–H groups in total. The van der Waals surface area contributed by atoms with Crippen molar-refractivity contribution in [1.82, 2.24) is 4.57 Å². The molecule has 188 valence electrons. The summed E-state index contributed by atoms with van der Waals surface area (Å²) in [6.45, 7) is 0.165. The Morgan fingerprint density at radius 2 is 1.92 bits per heavy atom. The van der Waals surface area contributed by atoms with Crippen LogP contribution in [0.3, 0.4) is 0 Å². The largest absolute Gasteiger partial charge is 0.465 e. The molecule has 4 rings (SSSR count). The Balaban J connectivity index is 1.50. The highest BCUT2D eigenvalue weighted by Gasteiger charge is 2.28. The highest BCUT2D eigenvalue weighted by Crippen LogP contribution is 2.38. The summed E-state index contributed by atoms with van der Waals surface area (Å²) in [7, 11) is -2.87. The average Bonchev–Trinajstić information content (AvgIpc) is 3.35. The van der Waals surface area contributed by atoms with Crippen LogP contribution in [-0.4, -0.2) is 49.4 Å². The van der Waals surface area contributed by atoms with Crippen LogP contribution in [0.25, 0.3) is 10.2 Å².